The first-order valence-electron chi connectivity index (χ1n) is 9.63. The van der Waals surface area contributed by atoms with Crippen molar-refractivity contribution in [3.8, 4) is 17.4 Å². The summed E-state index contributed by atoms with van der Waals surface area (Å²) >= 11 is 13.0. The van der Waals surface area contributed by atoms with E-state index in [4.69, 9.17) is 32.7 Å². The maximum Gasteiger partial charge on any atom is 0.417 e. The zero-order chi connectivity index (χ0) is 24.2. The molecule has 0 N–H and O–H groups in total. The Labute approximate surface area is 201 Å². The molecule has 12 heteroatoms. The molecular weight excluding hydrogens is 502 g/mol. The number of thiazole rings is 1. The summed E-state index contributed by atoms with van der Waals surface area (Å²) in [7, 11) is 0. The van der Waals surface area contributed by atoms with Crippen LogP contribution in [0.25, 0.3) is 0 Å². The molecule has 2 heterocycles. The van der Waals surface area contributed by atoms with E-state index < -0.39 is 17.8 Å². The zero-order valence-electron chi connectivity index (χ0n) is 17.4. The van der Waals surface area contributed by atoms with Crippen LogP contribution in [0.15, 0.2) is 42.7 Å². The molecule has 1 aromatic carbocycles. The molecular formula is C21H18Cl2F3N3O3S. The van der Waals surface area contributed by atoms with Crippen molar-refractivity contribution < 1.29 is 27.4 Å². The predicted molar refractivity (Wildman–Crippen MR) is 119 cm³/mol. The molecule has 0 spiro atoms. The van der Waals surface area contributed by atoms with Crippen LogP contribution in [0.3, 0.4) is 0 Å². The van der Waals surface area contributed by atoms with Gasteiger partial charge in [-0.05, 0) is 44.2 Å². The average Bonchev–Trinajstić information content (AvgIpc) is 3.18. The van der Waals surface area contributed by atoms with Gasteiger partial charge in [-0.3, -0.25) is 4.79 Å². The van der Waals surface area contributed by atoms with Crippen LogP contribution in [0.4, 0.5) is 13.2 Å². The quantitative estimate of drug-likeness (QED) is 0.341. The second-order valence-corrected chi connectivity index (χ2v) is 8.88. The number of pyridine rings is 1. The van der Waals surface area contributed by atoms with Crippen molar-refractivity contribution in [2.75, 3.05) is 6.54 Å². The van der Waals surface area contributed by atoms with Crippen molar-refractivity contribution >= 4 is 40.4 Å². The first-order valence-corrected chi connectivity index (χ1v) is 11.2. The standard InChI is InChI=1S/C21H18Cl2F3N3O3S/c1-3-29(11-16-10-28-20(23)33-16)19(30)12(2)31-14-4-6-15(7-5-14)32-18-17(22)8-13(9-27-18)21(24,25)26/h4-10,12H,3,11H2,1-2H3. The molecule has 0 aliphatic carbocycles. The van der Waals surface area contributed by atoms with E-state index in [1.54, 1.807) is 30.2 Å². The molecule has 0 fully saturated rings. The zero-order valence-corrected chi connectivity index (χ0v) is 19.7. The van der Waals surface area contributed by atoms with Gasteiger partial charge in [-0.25, -0.2) is 9.97 Å². The molecule has 0 bridgehead atoms. The van der Waals surface area contributed by atoms with Gasteiger partial charge in [0.15, 0.2) is 10.6 Å². The lowest BCUT2D eigenvalue weighted by Crippen LogP contribution is -2.39. The van der Waals surface area contributed by atoms with Gasteiger partial charge >= 0.3 is 6.18 Å². The van der Waals surface area contributed by atoms with Gasteiger partial charge in [0.2, 0.25) is 5.88 Å². The largest absolute Gasteiger partial charge is 0.481 e. The summed E-state index contributed by atoms with van der Waals surface area (Å²) in [5.74, 6) is 0.325. The second kappa shape index (κ2) is 10.6. The van der Waals surface area contributed by atoms with Crippen LogP contribution in [0.1, 0.15) is 24.3 Å². The fourth-order valence-corrected chi connectivity index (χ4v) is 3.95. The van der Waals surface area contributed by atoms with Crippen LogP contribution >= 0.6 is 34.5 Å². The van der Waals surface area contributed by atoms with E-state index >= 15 is 0 Å². The highest BCUT2D eigenvalue weighted by atomic mass is 35.5. The van der Waals surface area contributed by atoms with E-state index in [9.17, 15) is 18.0 Å². The lowest BCUT2D eigenvalue weighted by Gasteiger charge is -2.24. The number of alkyl halides is 3. The summed E-state index contributed by atoms with van der Waals surface area (Å²) in [6.07, 6.45) is -3.04. The third-order valence-corrected chi connectivity index (χ3v) is 5.77. The summed E-state index contributed by atoms with van der Waals surface area (Å²) in [5.41, 5.74) is -0.971. The van der Waals surface area contributed by atoms with Crippen molar-refractivity contribution in [2.24, 2.45) is 0 Å². The lowest BCUT2D eigenvalue weighted by atomic mass is 10.3. The Kier molecular flexibility index (Phi) is 8.04. The van der Waals surface area contributed by atoms with Gasteiger partial charge in [-0.15, -0.1) is 11.3 Å². The highest BCUT2D eigenvalue weighted by molar-refractivity contribution is 7.15. The smallest absolute Gasteiger partial charge is 0.417 e. The number of halogens is 5. The van der Waals surface area contributed by atoms with E-state index in [0.717, 1.165) is 10.9 Å². The van der Waals surface area contributed by atoms with Crippen molar-refractivity contribution in [3.63, 3.8) is 0 Å². The Hall–Kier alpha value is -2.56. The number of nitrogens with zero attached hydrogens (tertiary/aromatic N) is 3. The number of carbonyl (C=O) groups excluding carboxylic acids is 1. The lowest BCUT2D eigenvalue weighted by molar-refractivity contribution is -0.138. The third kappa shape index (κ3) is 6.72. The summed E-state index contributed by atoms with van der Waals surface area (Å²) in [6.45, 7) is 4.36. The molecule has 0 saturated heterocycles. The highest BCUT2D eigenvalue weighted by Gasteiger charge is 2.32. The van der Waals surface area contributed by atoms with Gasteiger partial charge in [0.05, 0.1) is 12.1 Å². The first kappa shape index (κ1) is 25.1. The number of carbonyl (C=O) groups is 1. The van der Waals surface area contributed by atoms with E-state index in [1.807, 2.05) is 6.92 Å². The molecule has 3 rings (SSSR count). The van der Waals surface area contributed by atoms with Crippen LogP contribution in [-0.4, -0.2) is 33.4 Å². The first-order chi connectivity index (χ1) is 15.6. The Morgan fingerprint density at radius 2 is 1.82 bits per heavy atom. The third-order valence-electron chi connectivity index (χ3n) is 4.40. The summed E-state index contributed by atoms with van der Waals surface area (Å²) in [4.78, 5) is 22.9. The average molecular weight is 520 g/mol. The van der Waals surface area contributed by atoms with Crippen molar-refractivity contribution in [1.82, 2.24) is 14.9 Å². The van der Waals surface area contributed by atoms with Gasteiger partial charge in [0.25, 0.3) is 5.91 Å². The number of amides is 1. The molecule has 0 aliphatic heterocycles. The summed E-state index contributed by atoms with van der Waals surface area (Å²) in [6, 6.07) is 6.93. The van der Waals surface area contributed by atoms with Gasteiger partial charge in [-0.1, -0.05) is 23.2 Å². The van der Waals surface area contributed by atoms with Crippen LogP contribution in [-0.2, 0) is 17.5 Å². The predicted octanol–water partition coefficient (Wildman–Crippen LogP) is 6.47. The number of rotatable bonds is 8. The fourth-order valence-electron chi connectivity index (χ4n) is 2.76. The van der Waals surface area contributed by atoms with E-state index in [2.05, 4.69) is 9.97 Å². The minimum atomic E-state index is -4.55. The molecule has 3 aromatic rings. The normalized spacial score (nSPS) is 12.3. The van der Waals surface area contributed by atoms with Gasteiger partial charge in [0.1, 0.15) is 16.5 Å². The maximum atomic E-state index is 12.8. The molecule has 1 amide bonds. The SMILES string of the molecule is CCN(Cc1cnc(Cl)s1)C(=O)C(C)Oc1ccc(Oc2ncc(C(F)(F)F)cc2Cl)cc1. The topological polar surface area (TPSA) is 64.6 Å². The Bertz CT molecular complexity index is 1110. The highest BCUT2D eigenvalue weighted by Crippen LogP contribution is 2.35. The molecule has 176 valence electrons. The molecule has 6 nitrogen and oxygen atoms in total. The number of ether oxygens (including phenoxy) is 2. The Balaban J connectivity index is 1.61. The number of hydrogen-bond donors (Lipinski definition) is 0. The number of aromatic nitrogens is 2. The van der Waals surface area contributed by atoms with Crippen LogP contribution in [0.5, 0.6) is 17.4 Å². The minimum Gasteiger partial charge on any atom is -0.481 e. The van der Waals surface area contributed by atoms with E-state index in [0.29, 0.717) is 29.5 Å². The van der Waals surface area contributed by atoms with Gasteiger partial charge in [0, 0.05) is 23.8 Å². The van der Waals surface area contributed by atoms with Gasteiger partial charge in [-0.2, -0.15) is 13.2 Å². The summed E-state index contributed by atoms with van der Waals surface area (Å²) < 4.78 is 49.8. The number of hydrogen-bond acceptors (Lipinski definition) is 6. The minimum absolute atomic E-state index is 0.163. The van der Waals surface area contributed by atoms with E-state index in [1.165, 1.54) is 23.5 Å². The molecule has 33 heavy (non-hydrogen) atoms. The van der Waals surface area contributed by atoms with Crippen molar-refractivity contribution in [2.45, 2.75) is 32.7 Å². The molecule has 2 aromatic heterocycles. The number of benzene rings is 1. The molecule has 1 atom stereocenters. The Morgan fingerprint density at radius 3 is 2.36 bits per heavy atom. The second-order valence-electron chi connectivity index (χ2n) is 6.77. The van der Waals surface area contributed by atoms with Crippen molar-refractivity contribution in [1.29, 1.82) is 0 Å². The van der Waals surface area contributed by atoms with Gasteiger partial charge < -0.3 is 14.4 Å². The Morgan fingerprint density at radius 1 is 1.15 bits per heavy atom. The maximum absolute atomic E-state index is 12.8. The molecule has 1 unspecified atom stereocenters. The number of likely N-dealkylation sites (N-methyl/N-ethyl adjacent to an activating group) is 1. The van der Waals surface area contributed by atoms with Crippen LogP contribution in [0, 0.1) is 0 Å². The van der Waals surface area contributed by atoms with Crippen LogP contribution < -0.4 is 9.47 Å². The molecule has 0 radical (unpaired) electrons. The van der Waals surface area contributed by atoms with E-state index in [-0.39, 0.29) is 22.6 Å². The summed E-state index contributed by atoms with van der Waals surface area (Å²) in [5, 5.41) is -0.272. The fraction of sp³-hybridized carbons (Fsp3) is 0.286. The van der Waals surface area contributed by atoms with Crippen LogP contribution in [0.2, 0.25) is 9.49 Å². The molecule has 0 aliphatic rings. The molecule has 0 saturated carbocycles. The van der Waals surface area contributed by atoms with Crippen molar-refractivity contribution in [3.05, 3.63) is 62.7 Å². The monoisotopic (exact) mass is 519 g/mol.